The second-order valence-electron chi connectivity index (χ2n) is 6.39. The van der Waals surface area contributed by atoms with Crippen LogP contribution in [0.4, 0.5) is 0 Å². The minimum Gasteiger partial charge on any atom is -0.495 e. The van der Waals surface area contributed by atoms with Gasteiger partial charge in [0.2, 0.25) is 0 Å². The summed E-state index contributed by atoms with van der Waals surface area (Å²) in [6.45, 7) is 0. The number of fused-ring (bicyclic) bond motifs is 1. The van der Waals surface area contributed by atoms with Crippen molar-refractivity contribution < 1.29 is 13.9 Å². The molecule has 0 aliphatic heterocycles. The third kappa shape index (κ3) is 2.74. The minimum atomic E-state index is -0.464. The predicted molar refractivity (Wildman–Crippen MR) is 97.4 cm³/mol. The Labute approximate surface area is 155 Å². The molecular formula is C21H16N2O4. The number of para-hydroxylation sites is 2. The van der Waals surface area contributed by atoms with Crippen molar-refractivity contribution in [3.05, 3.63) is 81.7 Å². The number of ketones is 1. The Morgan fingerprint density at radius 2 is 2.00 bits per heavy atom. The molecule has 0 saturated heterocycles. The van der Waals surface area contributed by atoms with E-state index in [2.05, 4.69) is 0 Å². The number of carbonyl (C=O) groups is 1. The number of aromatic nitrogens is 1. The molecule has 4 rings (SSSR count). The van der Waals surface area contributed by atoms with Crippen LogP contribution in [0.5, 0.6) is 5.75 Å². The maximum absolute atomic E-state index is 13.0. The summed E-state index contributed by atoms with van der Waals surface area (Å²) < 4.78 is 12.3. The largest absolute Gasteiger partial charge is 0.495 e. The van der Waals surface area contributed by atoms with Gasteiger partial charge >= 0.3 is 0 Å². The zero-order valence-corrected chi connectivity index (χ0v) is 14.6. The zero-order chi connectivity index (χ0) is 19.0. The minimum absolute atomic E-state index is 0.0653. The normalized spacial score (nSPS) is 15.9. The fraction of sp³-hybridized carbons (Fsp3) is 0.190. The number of rotatable bonds is 3. The van der Waals surface area contributed by atoms with Gasteiger partial charge in [-0.25, -0.2) is 0 Å². The smallest absolute Gasteiger partial charge is 0.273 e. The molecule has 0 N–H and O–H groups in total. The average molecular weight is 360 g/mol. The maximum atomic E-state index is 13.0. The Bertz CT molecular complexity index is 1120. The molecule has 0 bridgehead atoms. The van der Waals surface area contributed by atoms with Gasteiger partial charge in [0.25, 0.3) is 5.56 Å². The van der Waals surface area contributed by atoms with Gasteiger partial charge in [0.1, 0.15) is 23.1 Å². The summed E-state index contributed by atoms with van der Waals surface area (Å²) in [4.78, 5) is 25.8. The van der Waals surface area contributed by atoms with Gasteiger partial charge in [0.05, 0.1) is 19.1 Å². The fourth-order valence-electron chi connectivity index (χ4n) is 3.61. The molecule has 2 heterocycles. The monoisotopic (exact) mass is 360 g/mol. The van der Waals surface area contributed by atoms with Crippen molar-refractivity contribution in [2.45, 2.75) is 18.8 Å². The van der Waals surface area contributed by atoms with E-state index in [4.69, 9.17) is 9.15 Å². The number of ether oxygens (including phenoxy) is 1. The van der Waals surface area contributed by atoms with Crippen molar-refractivity contribution in [2.75, 3.05) is 7.11 Å². The summed E-state index contributed by atoms with van der Waals surface area (Å²) in [7, 11) is 1.52. The van der Waals surface area contributed by atoms with Crippen LogP contribution >= 0.6 is 0 Å². The number of furan rings is 1. The van der Waals surface area contributed by atoms with Crippen LogP contribution in [0, 0.1) is 11.3 Å². The molecule has 1 aromatic carbocycles. The summed E-state index contributed by atoms with van der Waals surface area (Å²) in [5.74, 6) is 0.924. The molecule has 1 atom stereocenters. The molecule has 134 valence electrons. The first kappa shape index (κ1) is 16.9. The van der Waals surface area contributed by atoms with Crippen molar-refractivity contribution >= 4 is 5.78 Å². The van der Waals surface area contributed by atoms with E-state index in [1.54, 1.807) is 36.6 Å². The van der Waals surface area contributed by atoms with Crippen LogP contribution in [0.15, 0.2) is 57.9 Å². The Morgan fingerprint density at radius 3 is 2.70 bits per heavy atom. The first-order valence-corrected chi connectivity index (χ1v) is 8.53. The van der Waals surface area contributed by atoms with E-state index in [1.807, 2.05) is 12.1 Å². The highest BCUT2D eigenvalue weighted by Gasteiger charge is 2.32. The molecular weight excluding hydrogens is 344 g/mol. The molecule has 0 amide bonds. The van der Waals surface area contributed by atoms with Crippen molar-refractivity contribution in [3.8, 4) is 17.5 Å². The van der Waals surface area contributed by atoms with Gasteiger partial charge in [0.15, 0.2) is 5.78 Å². The molecule has 0 saturated carbocycles. The highest BCUT2D eigenvalue weighted by molar-refractivity contribution is 5.99. The van der Waals surface area contributed by atoms with E-state index in [0.717, 1.165) is 0 Å². The second-order valence-corrected chi connectivity index (χ2v) is 6.39. The van der Waals surface area contributed by atoms with Gasteiger partial charge in [-0.05, 0) is 36.8 Å². The number of methoxy groups -OCH3 is 1. The molecule has 0 spiro atoms. The van der Waals surface area contributed by atoms with Crippen molar-refractivity contribution in [1.29, 1.82) is 5.26 Å². The number of pyridine rings is 1. The topological polar surface area (TPSA) is 85.2 Å². The molecule has 6 nitrogen and oxygen atoms in total. The zero-order valence-electron chi connectivity index (χ0n) is 14.6. The predicted octanol–water partition coefficient (Wildman–Crippen LogP) is 3.22. The number of hydrogen-bond donors (Lipinski definition) is 0. The van der Waals surface area contributed by atoms with Crippen molar-refractivity contribution in [2.24, 2.45) is 0 Å². The Hall–Kier alpha value is -3.59. The number of Topliss-reactive ketones (excluding diaryl/α,β-unsaturated/α-hetero) is 1. The molecule has 0 radical (unpaired) electrons. The van der Waals surface area contributed by atoms with E-state index >= 15 is 0 Å². The van der Waals surface area contributed by atoms with E-state index < -0.39 is 5.56 Å². The number of nitriles is 1. The molecule has 2 aromatic heterocycles. The van der Waals surface area contributed by atoms with Crippen LogP contribution in [0.3, 0.4) is 0 Å². The lowest BCUT2D eigenvalue weighted by molar-refractivity contribution is 0.0958. The molecule has 27 heavy (non-hydrogen) atoms. The van der Waals surface area contributed by atoms with Gasteiger partial charge in [-0.15, -0.1) is 0 Å². The number of nitrogens with zero attached hydrogens (tertiary/aromatic N) is 2. The standard InChI is InChI=1S/C21H16N2O4/c1-26-20-6-3-2-5-16(20)23-17-10-13(19-7-4-8-27-19)11-18(24)15(17)9-14(12-22)21(23)25/h2-9,13H,10-11H2,1H3/t13-/m1/s1. The van der Waals surface area contributed by atoms with Crippen LogP contribution in [-0.4, -0.2) is 17.5 Å². The Balaban J connectivity index is 1.99. The second kappa shape index (κ2) is 6.61. The highest BCUT2D eigenvalue weighted by atomic mass is 16.5. The van der Waals surface area contributed by atoms with Crippen LogP contribution in [0.25, 0.3) is 5.69 Å². The highest BCUT2D eigenvalue weighted by Crippen LogP contribution is 2.34. The van der Waals surface area contributed by atoms with E-state index in [-0.39, 0.29) is 23.7 Å². The maximum Gasteiger partial charge on any atom is 0.273 e. The third-order valence-corrected chi connectivity index (χ3v) is 4.87. The van der Waals surface area contributed by atoms with Gasteiger partial charge in [-0.1, -0.05) is 12.1 Å². The van der Waals surface area contributed by atoms with Crippen LogP contribution in [-0.2, 0) is 6.42 Å². The van der Waals surface area contributed by atoms with Crippen molar-refractivity contribution in [1.82, 2.24) is 4.57 Å². The SMILES string of the molecule is COc1ccccc1-n1c2c(cc(C#N)c1=O)C(=O)C[C@H](c1ccco1)C2. The summed E-state index contributed by atoms with van der Waals surface area (Å²) in [6, 6.07) is 14.0. The van der Waals surface area contributed by atoms with Gasteiger partial charge in [-0.2, -0.15) is 5.26 Å². The lowest BCUT2D eigenvalue weighted by Crippen LogP contribution is -2.31. The molecule has 0 unspecified atom stereocenters. The van der Waals surface area contributed by atoms with E-state index in [1.165, 1.54) is 17.7 Å². The summed E-state index contributed by atoms with van der Waals surface area (Å²) >= 11 is 0. The van der Waals surface area contributed by atoms with Crippen LogP contribution < -0.4 is 10.3 Å². The lowest BCUT2D eigenvalue weighted by Gasteiger charge is -2.26. The fourth-order valence-corrected chi connectivity index (χ4v) is 3.61. The van der Waals surface area contributed by atoms with Crippen LogP contribution in [0.1, 0.15) is 39.7 Å². The Kier molecular flexibility index (Phi) is 4.13. The van der Waals surface area contributed by atoms with Gasteiger partial charge < -0.3 is 9.15 Å². The summed E-state index contributed by atoms with van der Waals surface area (Å²) in [5.41, 5.74) is 0.949. The van der Waals surface area contributed by atoms with Crippen LogP contribution in [0.2, 0.25) is 0 Å². The quantitative estimate of drug-likeness (QED) is 0.716. The summed E-state index contributed by atoms with van der Waals surface area (Å²) in [6.07, 6.45) is 2.30. The average Bonchev–Trinajstić information content (AvgIpc) is 3.22. The lowest BCUT2D eigenvalue weighted by atomic mass is 9.83. The van der Waals surface area contributed by atoms with E-state index in [9.17, 15) is 14.9 Å². The number of benzene rings is 1. The van der Waals surface area contributed by atoms with E-state index in [0.29, 0.717) is 34.9 Å². The third-order valence-electron chi connectivity index (χ3n) is 4.87. The number of hydrogen-bond acceptors (Lipinski definition) is 5. The number of carbonyl (C=O) groups excluding carboxylic acids is 1. The molecule has 3 aromatic rings. The first-order chi connectivity index (χ1) is 13.1. The molecule has 1 aliphatic rings. The van der Waals surface area contributed by atoms with Crippen molar-refractivity contribution in [3.63, 3.8) is 0 Å². The molecule has 0 fully saturated rings. The first-order valence-electron chi connectivity index (χ1n) is 8.53. The van der Waals surface area contributed by atoms with Gasteiger partial charge in [0, 0.05) is 23.6 Å². The molecule has 6 heteroatoms. The summed E-state index contributed by atoms with van der Waals surface area (Å²) in [5, 5.41) is 9.39. The van der Waals surface area contributed by atoms with Gasteiger partial charge in [-0.3, -0.25) is 14.2 Å². The Morgan fingerprint density at radius 1 is 1.19 bits per heavy atom. The molecule has 1 aliphatic carbocycles.